The molecule has 0 unspecified atom stereocenters. The zero-order valence-electron chi connectivity index (χ0n) is 67.6. The second-order valence-electron chi connectivity index (χ2n) is 33.8. The quantitative estimate of drug-likeness (QED) is 0.0799. The molecule has 0 fully saturated rings. The molecule has 3 aliphatic rings. The molecular weight excluding hydrogens is 1490 g/mol. The molecule has 121 heavy (non-hydrogen) atoms. The van der Waals surface area contributed by atoms with E-state index in [0.717, 1.165) is 62.6 Å². The van der Waals surface area contributed by atoms with E-state index in [9.17, 15) is 0 Å². The van der Waals surface area contributed by atoms with Crippen LogP contribution in [0.25, 0.3) is 55.0 Å². The number of nitrogens with zero attached hydrogens (tertiary/aromatic N) is 5. The minimum atomic E-state index is -3.23. The lowest BCUT2D eigenvalue weighted by molar-refractivity contribution is 0.589. The van der Waals surface area contributed by atoms with Crippen molar-refractivity contribution in [2.75, 3.05) is 14.7 Å². The summed E-state index contributed by atoms with van der Waals surface area (Å²) in [6, 6.07) is 172. The first-order chi connectivity index (χ1) is 59.7. The second kappa shape index (κ2) is 28.6. The molecule has 8 heteroatoms. The maximum absolute atomic E-state index is 3.23. The van der Waals surface area contributed by atoms with E-state index in [-0.39, 0.29) is 18.0 Å². The Morgan fingerprint density at radius 1 is 0.231 bits per heavy atom. The highest BCUT2D eigenvalue weighted by atomic mass is 28.3. The first-order valence-electron chi connectivity index (χ1n) is 42.4. The van der Waals surface area contributed by atoms with Crippen molar-refractivity contribution in [2.24, 2.45) is 0 Å². The minimum Gasteiger partial charge on any atom is -0.311 e. The average molecular weight is 1580 g/mol. The van der Waals surface area contributed by atoms with Crippen LogP contribution < -0.4 is 72.6 Å². The lowest BCUT2D eigenvalue weighted by Gasteiger charge is -2.46. The monoisotopic (exact) mass is 1580 g/mol. The Morgan fingerprint density at radius 2 is 0.537 bits per heavy atom. The molecule has 2 aromatic heterocycles. The van der Waals surface area contributed by atoms with Crippen molar-refractivity contribution in [3.05, 3.63) is 471 Å². The lowest BCUT2D eigenvalue weighted by Crippen LogP contribution is -2.75. The third-order valence-corrected chi connectivity index (χ3v) is 35.9. The SMILES string of the molecule is CC(C)(C)c1cccc(C2c3ccccc3N(c3cc4c5c(c3)N(c3ccc(-n6c7ccccc7c7ccccc76)cc3)c3cc([Si](c6ccccc6)(c6ccccc6)c6ccccc6)ccc3B5c3ccc([Si](c5ccccc5)(c5ccccc5)c5ccccc5)cc3N4c3ccc(-n4c5ccccc5c5ccccc54)cc3)c3ccccc32)c1. The number of hydrogen-bond acceptors (Lipinski definition) is 3. The topological polar surface area (TPSA) is 19.6 Å². The number of anilines is 9. The van der Waals surface area contributed by atoms with Gasteiger partial charge in [0.1, 0.15) is 0 Å². The average Bonchev–Trinajstić information content (AvgIpc) is 1.62. The molecule has 0 N–H and O–H groups in total. The fourth-order valence-electron chi connectivity index (χ4n) is 21.1. The van der Waals surface area contributed by atoms with Crippen molar-refractivity contribution in [3.63, 3.8) is 0 Å². The molecule has 0 radical (unpaired) electrons. The summed E-state index contributed by atoms with van der Waals surface area (Å²) in [6.07, 6.45) is 0. The highest BCUT2D eigenvalue weighted by Crippen LogP contribution is 2.55. The zero-order valence-corrected chi connectivity index (χ0v) is 69.6. The smallest absolute Gasteiger partial charge is 0.252 e. The first-order valence-corrected chi connectivity index (χ1v) is 46.4. The summed E-state index contributed by atoms with van der Waals surface area (Å²) >= 11 is 0. The van der Waals surface area contributed by atoms with Gasteiger partial charge in [-0.2, -0.15) is 0 Å². The van der Waals surface area contributed by atoms with E-state index in [1.165, 1.54) is 124 Å². The van der Waals surface area contributed by atoms with Crippen LogP contribution in [0.15, 0.2) is 449 Å². The van der Waals surface area contributed by atoms with Crippen molar-refractivity contribution < 1.29 is 0 Å². The van der Waals surface area contributed by atoms with E-state index in [0.29, 0.717) is 0 Å². The van der Waals surface area contributed by atoms with E-state index in [1.54, 1.807) is 0 Å². The maximum atomic E-state index is 2.68. The van der Waals surface area contributed by atoms with Crippen LogP contribution in [0.1, 0.15) is 48.9 Å². The van der Waals surface area contributed by atoms with Crippen molar-refractivity contribution in [1.29, 1.82) is 0 Å². The van der Waals surface area contributed by atoms with Crippen LogP contribution in [0.4, 0.5) is 51.2 Å². The summed E-state index contributed by atoms with van der Waals surface area (Å²) in [7, 11) is -6.45. The molecule has 23 rings (SSSR count). The van der Waals surface area contributed by atoms with Gasteiger partial charge in [-0.3, -0.25) is 0 Å². The van der Waals surface area contributed by atoms with Gasteiger partial charge in [0, 0.05) is 73.0 Å². The van der Waals surface area contributed by atoms with Crippen LogP contribution in [-0.4, -0.2) is 32.0 Å². The molecule has 0 amide bonds. The fourth-order valence-corrected chi connectivity index (χ4v) is 30.7. The number of aromatic nitrogens is 2. The zero-order chi connectivity index (χ0) is 80.5. The van der Waals surface area contributed by atoms with Gasteiger partial charge in [-0.25, -0.2) is 0 Å². The molecule has 0 saturated heterocycles. The summed E-state index contributed by atoms with van der Waals surface area (Å²) in [5.74, 6) is -0.0532. The molecule has 20 aromatic rings. The molecule has 0 spiro atoms. The highest BCUT2D eigenvalue weighted by Gasteiger charge is 2.50. The molecule has 5 heterocycles. The molecule has 0 bridgehead atoms. The Kier molecular flexibility index (Phi) is 17.0. The van der Waals surface area contributed by atoms with Crippen molar-refractivity contribution in [3.8, 4) is 11.4 Å². The van der Waals surface area contributed by atoms with Crippen LogP contribution in [-0.2, 0) is 5.41 Å². The number of rotatable bonds is 14. The van der Waals surface area contributed by atoms with Gasteiger partial charge >= 0.3 is 0 Å². The second-order valence-corrected chi connectivity index (χ2v) is 41.4. The van der Waals surface area contributed by atoms with E-state index in [2.05, 4.69) is 494 Å². The highest BCUT2D eigenvalue weighted by molar-refractivity contribution is 7.20. The number of hydrogen-bond donors (Lipinski definition) is 0. The van der Waals surface area contributed by atoms with Gasteiger partial charge in [-0.05, 0) is 195 Å². The van der Waals surface area contributed by atoms with E-state index < -0.39 is 16.1 Å². The van der Waals surface area contributed by atoms with Gasteiger partial charge in [-0.15, -0.1) is 0 Å². The third kappa shape index (κ3) is 11.2. The van der Waals surface area contributed by atoms with Gasteiger partial charge in [0.2, 0.25) is 0 Å². The normalized spacial score (nSPS) is 13.1. The lowest BCUT2D eigenvalue weighted by atomic mass is 9.33. The predicted molar refractivity (Wildman–Crippen MR) is 517 cm³/mol. The Labute approximate surface area is 709 Å². The van der Waals surface area contributed by atoms with E-state index in [1.807, 2.05) is 0 Å². The minimum absolute atomic E-state index is 0.0532. The molecule has 0 aliphatic carbocycles. The van der Waals surface area contributed by atoms with Crippen LogP contribution in [0.2, 0.25) is 0 Å². The van der Waals surface area contributed by atoms with Crippen molar-refractivity contribution in [1.82, 2.24) is 9.13 Å². The van der Waals surface area contributed by atoms with Gasteiger partial charge in [-0.1, -0.05) is 360 Å². The van der Waals surface area contributed by atoms with Gasteiger partial charge in [0.25, 0.3) is 6.71 Å². The number of benzene rings is 18. The number of fused-ring (bicyclic) bond motifs is 12. The van der Waals surface area contributed by atoms with Crippen molar-refractivity contribution >= 4 is 176 Å². The molecule has 572 valence electrons. The Morgan fingerprint density at radius 3 is 0.884 bits per heavy atom. The summed E-state index contributed by atoms with van der Waals surface area (Å²) in [4.78, 5) is 7.97. The largest absolute Gasteiger partial charge is 0.311 e. The first kappa shape index (κ1) is 71.7. The summed E-state index contributed by atoms with van der Waals surface area (Å²) in [6.45, 7) is 6.71. The van der Waals surface area contributed by atoms with Gasteiger partial charge < -0.3 is 23.8 Å². The summed E-state index contributed by atoms with van der Waals surface area (Å²) in [5.41, 5.74) is 25.6. The summed E-state index contributed by atoms with van der Waals surface area (Å²) in [5, 5.41) is 15.4. The maximum Gasteiger partial charge on any atom is 0.252 e. The van der Waals surface area contributed by atoms with Crippen LogP contribution in [0, 0.1) is 0 Å². The molecular formula is C113H84BN5Si2. The van der Waals surface area contributed by atoms with Crippen LogP contribution >= 0.6 is 0 Å². The number of para-hydroxylation sites is 6. The summed E-state index contributed by atoms with van der Waals surface area (Å²) < 4.78 is 4.90. The van der Waals surface area contributed by atoms with Crippen LogP contribution in [0.5, 0.6) is 0 Å². The van der Waals surface area contributed by atoms with Gasteiger partial charge in [0.15, 0.2) is 16.1 Å². The Bertz CT molecular complexity index is 6690. The molecule has 5 nitrogen and oxygen atoms in total. The molecule has 0 saturated carbocycles. The standard InChI is InChI=1S/C113H84BN5Si2/c1-113(2,3)79-36-34-35-78(73-79)111-97-53-26-32-59-105(97)119(106-60-33-27-54-98(106)111)84-74-109-112-110(75-84)118(83-67-63-81(64-68-83)116-103-57-30-24-51-95(103)96-52-25-31-58-104(96)116)108-77-92(121(88-43-16-7-17-44-88,89-45-18-8-19-46-89)90-47-20-9-21-48-90)70-72-100(108)114(112)99-71-69-91(120(85-37-10-4-11-38-85,86-39-12-5-13-40-86)87-41-14-6-15-42-87)76-107(99)117(109)82-65-61-80(62-66-82)115-101-55-28-22-49-93(101)94-50-23-29-56-102(94)115/h4-77,111H,1-3H3. The molecule has 18 aromatic carbocycles. The van der Waals surface area contributed by atoms with E-state index >= 15 is 0 Å². The Balaban J connectivity index is 0.853. The Hall–Kier alpha value is -14.5. The van der Waals surface area contributed by atoms with E-state index in [4.69, 9.17) is 0 Å². The molecule has 0 atom stereocenters. The predicted octanol–water partition coefficient (Wildman–Crippen LogP) is 21.0. The fraction of sp³-hybridized carbons (Fsp3) is 0.0442. The third-order valence-electron chi connectivity index (χ3n) is 26.4. The van der Waals surface area contributed by atoms with Crippen molar-refractivity contribution in [2.45, 2.75) is 32.1 Å². The molecule has 3 aliphatic heterocycles. The van der Waals surface area contributed by atoms with Gasteiger partial charge in [0.05, 0.1) is 39.1 Å². The van der Waals surface area contributed by atoms with Crippen LogP contribution in [0.3, 0.4) is 0 Å².